The predicted octanol–water partition coefficient (Wildman–Crippen LogP) is 1.94. The second kappa shape index (κ2) is 5.39. The highest BCUT2D eigenvalue weighted by molar-refractivity contribution is 5.29. The number of ether oxygens (including phenoxy) is 1. The molecule has 2 heterocycles. The molecular formula is C12H13FN4O. The Bertz CT molecular complexity index is 547. The van der Waals surface area contributed by atoms with Gasteiger partial charge in [0.25, 0.3) is 5.88 Å². The van der Waals surface area contributed by atoms with Crippen LogP contribution in [0.1, 0.15) is 11.4 Å². The maximum Gasteiger partial charge on any atom is 0.255 e. The molecular weight excluding hydrogens is 235 g/mol. The van der Waals surface area contributed by atoms with E-state index in [1.54, 1.807) is 0 Å². The summed E-state index contributed by atoms with van der Waals surface area (Å²) in [6.07, 6.45) is 1.07. The molecule has 2 aromatic rings. The molecule has 0 fully saturated rings. The second-order valence-corrected chi connectivity index (χ2v) is 3.67. The fourth-order valence-electron chi connectivity index (χ4n) is 1.45. The van der Waals surface area contributed by atoms with Gasteiger partial charge in [0.15, 0.2) is 0 Å². The van der Waals surface area contributed by atoms with Crippen molar-refractivity contribution in [3.63, 3.8) is 0 Å². The highest BCUT2D eigenvalue weighted by atomic mass is 19.1. The molecule has 18 heavy (non-hydrogen) atoms. The molecule has 2 rings (SSSR count). The van der Waals surface area contributed by atoms with Gasteiger partial charge in [-0.1, -0.05) is 6.07 Å². The summed E-state index contributed by atoms with van der Waals surface area (Å²) < 4.78 is 17.9. The minimum Gasteiger partial charge on any atom is -0.479 e. The number of nitrogens with zero attached hydrogens (tertiary/aromatic N) is 3. The lowest BCUT2D eigenvalue weighted by Gasteiger charge is -2.06. The molecule has 2 aromatic heterocycles. The van der Waals surface area contributed by atoms with Crippen molar-refractivity contribution >= 4 is 5.95 Å². The highest BCUT2D eigenvalue weighted by Gasteiger charge is 2.06. The number of pyridine rings is 1. The van der Waals surface area contributed by atoms with Gasteiger partial charge >= 0.3 is 0 Å². The van der Waals surface area contributed by atoms with Crippen molar-refractivity contribution in [2.24, 2.45) is 0 Å². The van der Waals surface area contributed by atoms with E-state index in [4.69, 9.17) is 4.74 Å². The zero-order chi connectivity index (χ0) is 13.0. The monoisotopic (exact) mass is 248 g/mol. The number of aromatic nitrogens is 3. The average molecular weight is 248 g/mol. The van der Waals surface area contributed by atoms with Gasteiger partial charge < -0.3 is 10.1 Å². The number of rotatable bonds is 4. The Morgan fingerprint density at radius 1 is 1.33 bits per heavy atom. The molecule has 0 spiro atoms. The molecule has 0 unspecified atom stereocenters. The van der Waals surface area contributed by atoms with Crippen molar-refractivity contribution in [2.45, 2.75) is 13.5 Å². The number of methoxy groups -OCH3 is 1. The fraction of sp³-hybridized carbons (Fsp3) is 0.250. The molecule has 0 bridgehead atoms. The summed E-state index contributed by atoms with van der Waals surface area (Å²) in [5, 5.41) is 2.96. The van der Waals surface area contributed by atoms with E-state index in [1.807, 2.05) is 25.1 Å². The van der Waals surface area contributed by atoms with Gasteiger partial charge in [0.1, 0.15) is 0 Å². The van der Waals surface area contributed by atoms with Crippen LogP contribution < -0.4 is 10.1 Å². The van der Waals surface area contributed by atoms with Gasteiger partial charge in [-0.25, -0.2) is 4.98 Å². The van der Waals surface area contributed by atoms with E-state index in [2.05, 4.69) is 20.3 Å². The van der Waals surface area contributed by atoms with E-state index in [1.165, 1.54) is 7.11 Å². The summed E-state index contributed by atoms with van der Waals surface area (Å²) in [5.41, 5.74) is 1.80. The number of hydrogen-bond acceptors (Lipinski definition) is 5. The normalized spacial score (nSPS) is 10.2. The Balaban J connectivity index is 2.06. The lowest BCUT2D eigenvalue weighted by atomic mass is 10.3. The van der Waals surface area contributed by atoms with Crippen LogP contribution in [0, 0.1) is 12.7 Å². The van der Waals surface area contributed by atoms with Crippen LogP contribution in [0.4, 0.5) is 10.3 Å². The van der Waals surface area contributed by atoms with Crippen LogP contribution in [0.5, 0.6) is 5.88 Å². The first kappa shape index (κ1) is 12.2. The SMILES string of the molecule is COc1nc(NCc2cccc(C)n2)ncc1F. The van der Waals surface area contributed by atoms with Gasteiger partial charge in [0.05, 0.1) is 25.5 Å². The Kier molecular flexibility index (Phi) is 3.66. The lowest BCUT2D eigenvalue weighted by Crippen LogP contribution is -2.06. The van der Waals surface area contributed by atoms with Crippen LogP contribution in [-0.4, -0.2) is 22.1 Å². The number of nitrogens with one attached hydrogen (secondary N) is 1. The van der Waals surface area contributed by atoms with E-state index in [0.29, 0.717) is 12.5 Å². The first-order valence-electron chi connectivity index (χ1n) is 5.42. The first-order valence-corrected chi connectivity index (χ1v) is 5.42. The third-order valence-corrected chi connectivity index (χ3v) is 2.28. The first-order chi connectivity index (χ1) is 8.69. The number of hydrogen-bond donors (Lipinski definition) is 1. The standard InChI is InChI=1S/C12H13FN4O/c1-8-4-3-5-9(16-8)6-14-12-15-7-10(13)11(17-12)18-2/h3-5,7H,6H2,1-2H3,(H,14,15,17). The molecule has 0 aliphatic carbocycles. The minimum absolute atomic E-state index is 0.0790. The summed E-state index contributed by atoms with van der Waals surface area (Å²) in [5.74, 6) is -0.363. The van der Waals surface area contributed by atoms with Gasteiger partial charge in [-0.05, 0) is 19.1 Å². The summed E-state index contributed by atoms with van der Waals surface area (Å²) >= 11 is 0. The van der Waals surface area contributed by atoms with Crippen LogP contribution in [-0.2, 0) is 6.54 Å². The molecule has 1 N–H and O–H groups in total. The molecule has 0 saturated carbocycles. The molecule has 0 aromatic carbocycles. The van der Waals surface area contributed by atoms with E-state index in [-0.39, 0.29) is 5.88 Å². The van der Waals surface area contributed by atoms with Crippen molar-refractivity contribution in [3.05, 3.63) is 41.6 Å². The van der Waals surface area contributed by atoms with Crippen LogP contribution in [0.15, 0.2) is 24.4 Å². The van der Waals surface area contributed by atoms with E-state index in [9.17, 15) is 4.39 Å². The van der Waals surface area contributed by atoms with E-state index in [0.717, 1.165) is 17.6 Å². The van der Waals surface area contributed by atoms with Crippen molar-refractivity contribution in [1.29, 1.82) is 0 Å². The fourth-order valence-corrected chi connectivity index (χ4v) is 1.45. The molecule has 0 atom stereocenters. The Morgan fingerprint density at radius 2 is 2.17 bits per heavy atom. The minimum atomic E-state index is -0.586. The van der Waals surface area contributed by atoms with Crippen molar-refractivity contribution < 1.29 is 9.13 Å². The molecule has 0 aliphatic heterocycles. The van der Waals surface area contributed by atoms with Gasteiger partial charge in [-0.3, -0.25) is 4.98 Å². The summed E-state index contributed by atoms with van der Waals surface area (Å²) in [4.78, 5) is 12.0. The van der Waals surface area contributed by atoms with Crippen LogP contribution in [0.25, 0.3) is 0 Å². The zero-order valence-electron chi connectivity index (χ0n) is 10.1. The zero-order valence-corrected chi connectivity index (χ0v) is 10.1. The van der Waals surface area contributed by atoms with E-state index < -0.39 is 5.82 Å². The van der Waals surface area contributed by atoms with Gasteiger partial charge in [-0.2, -0.15) is 9.37 Å². The quantitative estimate of drug-likeness (QED) is 0.896. The van der Waals surface area contributed by atoms with Crippen LogP contribution >= 0.6 is 0 Å². The lowest BCUT2D eigenvalue weighted by molar-refractivity contribution is 0.367. The molecule has 0 radical (unpaired) electrons. The van der Waals surface area contributed by atoms with Crippen LogP contribution in [0.3, 0.4) is 0 Å². The molecule has 94 valence electrons. The number of anilines is 1. The van der Waals surface area contributed by atoms with E-state index >= 15 is 0 Å². The molecule has 0 amide bonds. The molecule has 0 saturated heterocycles. The van der Waals surface area contributed by atoms with Gasteiger partial charge in [-0.15, -0.1) is 0 Å². The Morgan fingerprint density at radius 3 is 2.89 bits per heavy atom. The van der Waals surface area contributed by atoms with Gasteiger partial charge in [0, 0.05) is 5.69 Å². The Hall–Kier alpha value is -2.24. The average Bonchev–Trinajstić information content (AvgIpc) is 2.38. The highest BCUT2D eigenvalue weighted by Crippen LogP contribution is 2.13. The molecule has 6 heteroatoms. The third-order valence-electron chi connectivity index (χ3n) is 2.28. The molecule has 5 nitrogen and oxygen atoms in total. The maximum absolute atomic E-state index is 13.1. The largest absolute Gasteiger partial charge is 0.479 e. The summed E-state index contributed by atoms with van der Waals surface area (Å²) in [6.45, 7) is 2.39. The van der Waals surface area contributed by atoms with Gasteiger partial charge in [0.2, 0.25) is 11.8 Å². The maximum atomic E-state index is 13.1. The second-order valence-electron chi connectivity index (χ2n) is 3.67. The molecule has 0 aliphatic rings. The number of halogens is 1. The summed E-state index contributed by atoms with van der Waals surface area (Å²) in [6, 6.07) is 5.73. The van der Waals surface area contributed by atoms with Crippen molar-refractivity contribution in [2.75, 3.05) is 12.4 Å². The Labute approximate surface area is 104 Å². The smallest absolute Gasteiger partial charge is 0.255 e. The van der Waals surface area contributed by atoms with Crippen molar-refractivity contribution in [3.8, 4) is 5.88 Å². The third kappa shape index (κ3) is 2.91. The summed E-state index contributed by atoms with van der Waals surface area (Å²) in [7, 11) is 1.36. The predicted molar refractivity (Wildman–Crippen MR) is 64.8 cm³/mol. The van der Waals surface area contributed by atoms with Crippen molar-refractivity contribution in [1.82, 2.24) is 15.0 Å². The number of aryl methyl sites for hydroxylation is 1. The van der Waals surface area contributed by atoms with Crippen LogP contribution in [0.2, 0.25) is 0 Å². The topological polar surface area (TPSA) is 59.9 Å².